The SMILES string of the molecule is CCn1cc(CC(N)CC(C)C(C)(C)C)cn1. The second kappa shape index (κ2) is 5.67. The van der Waals surface area contributed by atoms with E-state index in [4.69, 9.17) is 5.73 Å². The molecular formula is C14H27N3. The molecule has 1 heterocycles. The average molecular weight is 237 g/mol. The number of aryl methyl sites for hydroxylation is 1. The van der Waals surface area contributed by atoms with Crippen LogP contribution in [-0.4, -0.2) is 15.8 Å². The molecule has 0 spiro atoms. The van der Waals surface area contributed by atoms with Crippen LogP contribution in [0.3, 0.4) is 0 Å². The lowest BCUT2D eigenvalue weighted by atomic mass is 9.78. The monoisotopic (exact) mass is 237 g/mol. The van der Waals surface area contributed by atoms with Gasteiger partial charge >= 0.3 is 0 Å². The lowest BCUT2D eigenvalue weighted by molar-refractivity contribution is 0.233. The number of nitrogens with zero attached hydrogens (tertiary/aromatic N) is 2. The van der Waals surface area contributed by atoms with E-state index in [0.29, 0.717) is 11.3 Å². The zero-order chi connectivity index (χ0) is 13.1. The van der Waals surface area contributed by atoms with E-state index < -0.39 is 0 Å². The van der Waals surface area contributed by atoms with E-state index in [-0.39, 0.29) is 6.04 Å². The van der Waals surface area contributed by atoms with Gasteiger partial charge in [-0.15, -0.1) is 0 Å². The summed E-state index contributed by atoms with van der Waals surface area (Å²) in [6, 6.07) is 0.235. The van der Waals surface area contributed by atoms with Crippen molar-refractivity contribution in [1.82, 2.24) is 9.78 Å². The summed E-state index contributed by atoms with van der Waals surface area (Å²) in [7, 11) is 0. The van der Waals surface area contributed by atoms with Crippen LogP contribution in [0, 0.1) is 11.3 Å². The molecule has 0 amide bonds. The Hall–Kier alpha value is -0.830. The van der Waals surface area contributed by atoms with E-state index in [1.807, 2.05) is 10.9 Å². The molecule has 0 aliphatic heterocycles. The van der Waals surface area contributed by atoms with Gasteiger partial charge in [0, 0.05) is 18.8 Å². The van der Waals surface area contributed by atoms with Crippen molar-refractivity contribution in [3.05, 3.63) is 18.0 Å². The van der Waals surface area contributed by atoms with Gasteiger partial charge in [-0.25, -0.2) is 0 Å². The number of hydrogen-bond donors (Lipinski definition) is 1. The van der Waals surface area contributed by atoms with Crippen LogP contribution in [0.15, 0.2) is 12.4 Å². The molecule has 17 heavy (non-hydrogen) atoms. The fraction of sp³-hybridized carbons (Fsp3) is 0.786. The molecule has 0 saturated carbocycles. The highest BCUT2D eigenvalue weighted by atomic mass is 15.3. The highest BCUT2D eigenvalue weighted by Gasteiger charge is 2.22. The van der Waals surface area contributed by atoms with Crippen molar-refractivity contribution in [3.8, 4) is 0 Å². The Labute approximate surface area is 105 Å². The first kappa shape index (κ1) is 14.2. The predicted octanol–water partition coefficient (Wildman–Crippen LogP) is 2.85. The highest BCUT2D eigenvalue weighted by Crippen LogP contribution is 2.29. The van der Waals surface area contributed by atoms with Crippen LogP contribution in [0.4, 0.5) is 0 Å². The second-order valence-electron chi connectivity index (χ2n) is 6.17. The third-order valence-electron chi connectivity index (χ3n) is 3.64. The molecule has 1 aromatic heterocycles. The molecule has 0 radical (unpaired) electrons. The van der Waals surface area contributed by atoms with Crippen molar-refractivity contribution in [2.75, 3.05) is 0 Å². The summed E-state index contributed by atoms with van der Waals surface area (Å²) in [5.74, 6) is 0.638. The molecule has 1 aromatic rings. The van der Waals surface area contributed by atoms with Crippen LogP contribution >= 0.6 is 0 Å². The summed E-state index contributed by atoms with van der Waals surface area (Å²) in [6.45, 7) is 12.1. The van der Waals surface area contributed by atoms with Crippen molar-refractivity contribution >= 4 is 0 Å². The first-order valence-corrected chi connectivity index (χ1v) is 6.59. The molecule has 0 aliphatic carbocycles. The third-order valence-corrected chi connectivity index (χ3v) is 3.64. The van der Waals surface area contributed by atoms with Crippen molar-refractivity contribution in [2.45, 2.75) is 60.0 Å². The maximum absolute atomic E-state index is 6.22. The van der Waals surface area contributed by atoms with Gasteiger partial charge in [0.1, 0.15) is 0 Å². The van der Waals surface area contributed by atoms with Crippen LogP contribution in [0.5, 0.6) is 0 Å². The summed E-state index contributed by atoms with van der Waals surface area (Å²) < 4.78 is 1.95. The summed E-state index contributed by atoms with van der Waals surface area (Å²) in [5.41, 5.74) is 7.81. The fourth-order valence-corrected chi connectivity index (χ4v) is 1.88. The maximum Gasteiger partial charge on any atom is 0.0522 e. The highest BCUT2D eigenvalue weighted by molar-refractivity contribution is 5.06. The predicted molar refractivity (Wildman–Crippen MR) is 72.8 cm³/mol. The molecule has 2 atom stereocenters. The molecule has 98 valence electrons. The maximum atomic E-state index is 6.22. The minimum atomic E-state index is 0.235. The standard InChI is InChI=1S/C14H27N3/c1-6-17-10-12(9-16-17)8-13(15)7-11(2)14(3,4)5/h9-11,13H,6-8,15H2,1-5H3. The zero-order valence-corrected chi connectivity index (χ0v) is 11.9. The number of rotatable bonds is 5. The molecule has 0 aliphatic rings. The van der Waals surface area contributed by atoms with Crippen LogP contribution < -0.4 is 5.73 Å². The molecule has 2 unspecified atom stereocenters. The van der Waals surface area contributed by atoms with E-state index in [9.17, 15) is 0 Å². The molecule has 0 aromatic carbocycles. The number of hydrogen-bond acceptors (Lipinski definition) is 2. The molecular weight excluding hydrogens is 210 g/mol. The molecule has 2 N–H and O–H groups in total. The van der Waals surface area contributed by atoms with Crippen LogP contribution in [0.1, 0.15) is 46.6 Å². The average Bonchev–Trinajstić information content (AvgIpc) is 2.63. The van der Waals surface area contributed by atoms with Gasteiger partial charge in [0.25, 0.3) is 0 Å². The van der Waals surface area contributed by atoms with Gasteiger partial charge in [0.05, 0.1) is 6.20 Å². The quantitative estimate of drug-likeness (QED) is 0.855. The Morgan fingerprint density at radius 1 is 1.41 bits per heavy atom. The van der Waals surface area contributed by atoms with Crippen molar-refractivity contribution in [1.29, 1.82) is 0 Å². The van der Waals surface area contributed by atoms with Gasteiger partial charge in [-0.1, -0.05) is 27.7 Å². The lowest BCUT2D eigenvalue weighted by Crippen LogP contribution is -2.30. The van der Waals surface area contributed by atoms with Gasteiger partial charge in [-0.3, -0.25) is 4.68 Å². The number of nitrogens with two attached hydrogens (primary N) is 1. The molecule has 0 saturated heterocycles. The minimum absolute atomic E-state index is 0.235. The molecule has 1 rings (SSSR count). The van der Waals surface area contributed by atoms with Gasteiger partial charge < -0.3 is 5.73 Å². The molecule has 0 fully saturated rings. The normalized spacial score (nSPS) is 15.9. The smallest absolute Gasteiger partial charge is 0.0522 e. The Bertz CT molecular complexity index is 335. The summed E-state index contributed by atoms with van der Waals surface area (Å²) in [6.07, 6.45) is 6.04. The van der Waals surface area contributed by atoms with E-state index in [0.717, 1.165) is 19.4 Å². The first-order chi connectivity index (χ1) is 7.82. The molecule has 3 nitrogen and oxygen atoms in total. The molecule has 0 bridgehead atoms. The third kappa shape index (κ3) is 4.50. The van der Waals surface area contributed by atoms with Crippen LogP contribution in [-0.2, 0) is 13.0 Å². The van der Waals surface area contributed by atoms with E-state index in [1.165, 1.54) is 5.56 Å². The zero-order valence-electron chi connectivity index (χ0n) is 11.9. The Balaban J connectivity index is 2.46. The largest absolute Gasteiger partial charge is 0.327 e. The lowest BCUT2D eigenvalue weighted by Gasteiger charge is -2.29. The minimum Gasteiger partial charge on any atom is -0.327 e. The van der Waals surface area contributed by atoms with E-state index in [1.54, 1.807) is 0 Å². The van der Waals surface area contributed by atoms with Crippen molar-refractivity contribution in [3.63, 3.8) is 0 Å². The van der Waals surface area contributed by atoms with E-state index in [2.05, 4.69) is 45.9 Å². The van der Waals surface area contributed by atoms with Crippen LogP contribution in [0.2, 0.25) is 0 Å². The van der Waals surface area contributed by atoms with Crippen LogP contribution in [0.25, 0.3) is 0 Å². The molecule has 3 heteroatoms. The Kier molecular flexibility index (Phi) is 4.75. The van der Waals surface area contributed by atoms with Gasteiger partial charge in [0.2, 0.25) is 0 Å². The summed E-state index contributed by atoms with van der Waals surface area (Å²) in [5, 5.41) is 4.28. The summed E-state index contributed by atoms with van der Waals surface area (Å²) >= 11 is 0. The first-order valence-electron chi connectivity index (χ1n) is 6.59. The van der Waals surface area contributed by atoms with Gasteiger partial charge in [0.15, 0.2) is 0 Å². The second-order valence-corrected chi connectivity index (χ2v) is 6.17. The Morgan fingerprint density at radius 3 is 2.53 bits per heavy atom. The van der Waals surface area contributed by atoms with Crippen molar-refractivity contribution < 1.29 is 0 Å². The van der Waals surface area contributed by atoms with E-state index >= 15 is 0 Å². The fourth-order valence-electron chi connectivity index (χ4n) is 1.88. The topological polar surface area (TPSA) is 43.8 Å². The van der Waals surface area contributed by atoms with Crippen molar-refractivity contribution in [2.24, 2.45) is 17.1 Å². The summed E-state index contributed by atoms with van der Waals surface area (Å²) in [4.78, 5) is 0. The Morgan fingerprint density at radius 2 is 2.06 bits per heavy atom. The van der Waals surface area contributed by atoms with Gasteiger partial charge in [-0.05, 0) is 36.7 Å². The number of aromatic nitrogens is 2. The van der Waals surface area contributed by atoms with Gasteiger partial charge in [-0.2, -0.15) is 5.10 Å².